The van der Waals surface area contributed by atoms with Gasteiger partial charge in [0.25, 0.3) is 0 Å². The number of aldehydes is 1. The molecule has 3 aromatic rings. The summed E-state index contributed by atoms with van der Waals surface area (Å²) in [5.41, 5.74) is 3.77. The van der Waals surface area contributed by atoms with Gasteiger partial charge in [0.15, 0.2) is 11.9 Å². The minimum atomic E-state index is 0.698. The molecule has 0 radical (unpaired) electrons. The van der Waals surface area contributed by atoms with Crippen molar-refractivity contribution >= 4 is 29.0 Å². The number of aromatic nitrogens is 2. The maximum absolute atomic E-state index is 11.5. The van der Waals surface area contributed by atoms with Crippen LogP contribution in [0.2, 0.25) is 0 Å². The summed E-state index contributed by atoms with van der Waals surface area (Å²) in [7, 11) is 0. The average molecular weight is 339 g/mol. The third-order valence-corrected chi connectivity index (χ3v) is 5.88. The van der Waals surface area contributed by atoms with Crippen LogP contribution < -0.4 is 4.90 Å². The predicted molar refractivity (Wildman–Crippen MR) is 99.2 cm³/mol. The summed E-state index contributed by atoms with van der Waals surface area (Å²) in [6, 6.07) is 6.23. The molecule has 1 aliphatic rings. The Kier molecular flexibility index (Phi) is 3.88. The molecule has 24 heavy (non-hydrogen) atoms. The fourth-order valence-electron chi connectivity index (χ4n) is 3.39. The van der Waals surface area contributed by atoms with E-state index in [1.54, 1.807) is 11.3 Å². The zero-order chi connectivity index (χ0) is 16.7. The molecule has 0 N–H and O–H groups in total. The largest absolute Gasteiger partial charge is 0.368 e. The lowest BCUT2D eigenvalue weighted by Gasteiger charge is -2.32. The van der Waals surface area contributed by atoms with Crippen molar-refractivity contribution in [2.45, 2.75) is 26.7 Å². The second kappa shape index (κ2) is 6.06. The van der Waals surface area contributed by atoms with Gasteiger partial charge >= 0.3 is 0 Å². The molecular weight excluding hydrogens is 318 g/mol. The van der Waals surface area contributed by atoms with E-state index in [-0.39, 0.29) is 0 Å². The third kappa shape index (κ3) is 2.63. The number of carbonyl (C=O) groups is 1. The summed E-state index contributed by atoms with van der Waals surface area (Å²) in [4.78, 5) is 21.0. The molecule has 0 unspecified atom stereocenters. The fourth-order valence-corrected chi connectivity index (χ4v) is 4.27. The van der Waals surface area contributed by atoms with Crippen LogP contribution in [0.1, 0.15) is 35.0 Å². The van der Waals surface area contributed by atoms with Crippen molar-refractivity contribution in [1.82, 2.24) is 9.38 Å². The van der Waals surface area contributed by atoms with Crippen molar-refractivity contribution in [1.29, 1.82) is 0 Å². The number of pyridine rings is 1. The van der Waals surface area contributed by atoms with Gasteiger partial charge in [-0.1, -0.05) is 6.92 Å². The number of hydrogen-bond acceptors (Lipinski definition) is 4. The molecule has 4 heterocycles. The van der Waals surface area contributed by atoms with Crippen LogP contribution >= 0.6 is 11.3 Å². The first-order chi connectivity index (χ1) is 11.7. The van der Waals surface area contributed by atoms with E-state index in [4.69, 9.17) is 0 Å². The highest BCUT2D eigenvalue weighted by atomic mass is 32.1. The first-order valence-electron chi connectivity index (χ1n) is 8.44. The molecule has 1 saturated heterocycles. The highest BCUT2D eigenvalue weighted by Crippen LogP contribution is 2.33. The van der Waals surface area contributed by atoms with Gasteiger partial charge in [-0.25, -0.2) is 4.98 Å². The third-order valence-electron chi connectivity index (χ3n) is 4.86. The van der Waals surface area contributed by atoms with Crippen molar-refractivity contribution in [2.24, 2.45) is 5.92 Å². The maximum atomic E-state index is 11.5. The Morgan fingerprint density at radius 2 is 2.08 bits per heavy atom. The highest BCUT2D eigenvalue weighted by Gasteiger charge is 2.20. The molecule has 0 bridgehead atoms. The highest BCUT2D eigenvalue weighted by molar-refractivity contribution is 7.15. The number of rotatable bonds is 3. The SMILES string of the molecule is Cc1ccc(-c2cnc3c(N4CCC(C)CC4)cc(C=O)cn23)s1. The molecule has 124 valence electrons. The normalized spacial score (nSPS) is 16.0. The lowest BCUT2D eigenvalue weighted by atomic mass is 9.99. The number of anilines is 1. The van der Waals surface area contributed by atoms with E-state index in [0.29, 0.717) is 5.56 Å². The average Bonchev–Trinajstić information content (AvgIpc) is 3.20. The van der Waals surface area contributed by atoms with E-state index in [2.05, 4.69) is 40.3 Å². The van der Waals surface area contributed by atoms with Crippen molar-refractivity contribution in [2.75, 3.05) is 18.0 Å². The summed E-state index contributed by atoms with van der Waals surface area (Å²) in [5.74, 6) is 0.774. The molecule has 5 heteroatoms. The number of piperidine rings is 1. The Labute approximate surface area is 145 Å². The van der Waals surface area contributed by atoms with Gasteiger partial charge in [0.1, 0.15) is 0 Å². The second-order valence-corrected chi connectivity index (χ2v) is 7.98. The van der Waals surface area contributed by atoms with Crippen LogP contribution in [-0.4, -0.2) is 28.8 Å². The van der Waals surface area contributed by atoms with Crippen LogP contribution in [0.5, 0.6) is 0 Å². The fraction of sp³-hybridized carbons (Fsp3) is 0.368. The van der Waals surface area contributed by atoms with Crippen molar-refractivity contribution < 1.29 is 4.79 Å². The van der Waals surface area contributed by atoms with Crippen LogP contribution in [0, 0.1) is 12.8 Å². The minimum absolute atomic E-state index is 0.698. The van der Waals surface area contributed by atoms with Gasteiger partial charge in [-0.2, -0.15) is 0 Å². The lowest BCUT2D eigenvalue weighted by molar-refractivity contribution is 0.112. The van der Waals surface area contributed by atoms with Gasteiger partial charge in [0, 0.05) is 29.7 Å². The number of carbonyl (C=O) groups excluding carboxylic acids is 1. The van der Waals surface area contributed by atoms with Crippen LogP contribution in [0.3, 0.4) is 0 Å². The summed E-state index contributed by atoms with van der Waals surface area (Å²) in [6.45, 7) is 6.47. The zero-order valence-electron chi connectivity index (χ0n) is 14.0. The number of imidazole rings is 1. The number of hydrogen-bond donors (Lipinski definition) is 0. The molecule has 0 spiro atoms. The molecule has 4 nitrogen and oxygen atoms in total. The topological polar surface area (TPSA) is 37.6 Å². The summed E-state index contributed by atoms with van der Waals surface area (Å²) in [5, 5.41) is 0. The first-order valence-corrected chi connectivity index (χ1v) is 9.25. The van der Waals surface area contributed by atoms with E-state index in [0.717, 1.165) is 42.3 Å². The van der Waals surface area contributed by atoms with Gasteiger partial charge in [-0.05, 0) is 43.9 Å². The molecule has 0 aromatic carbocycles. The Balaban J connectivity index is 1.85. The first kappa shape index (κ1) is 15.4. The Hall–Kier alpha value is -2.14. The molecule has 1 aliphatic heterocycles. The van der Waals surface area contributed by atoms with Crippen molar-refractivity contribution in [3.63, 3.8) is 0 Å². The van der Waals surface area contributed by atoms with Gasteiger partial charge in [-0.15, -0.1) is 11.3 Å². The van der Waals surface area contributed by atoms with Crippen molar-refractivity contribution in [3.8, 4) is 10.6 Å². The van der Waals surface area contributed by atoms with Gasteiger partial charge < -0.3 is 4.90 Å². The number of fused-ring (bicyclic) bond motifs is 1. The van der Waals surface area contributed by atoms with Crippen LogP contribution in [0.15, 0.2) is 30.6 Å². The number of thiophene rings is 1. The predicted octanol–water partition coefficient (Wildman–Crippen LogP) is 4.42. The Morgan fingerprint density at radius 1 is 1.29 bits per heavy atom. The van der Waals surface area contributed by atoms with Crippen molar-refractivity contribution in [3.05, 3.63) is 41.0 Å². The number of nitrogens with zero attached hydrogens (tertiary/aromatic N) is 3. The maximum Gasteiger partial charge on any atom is 0.161 e. The van der Waals surface area contributed by atoms with E-state index in [9.17, 15) is 4.79 Å². The van der Waals surface area contributed by atoms with E-state index in [1.807, 2.05) is 18.5 Å². The molecule has 1 fully saturated rings. The lowest BCUT2D eigenvalue weighted by Crippen LogP contribution is -2.33. The van der Waals surface area contributed by atoms with E-state index < -0.39 is 0 Å². The molecule has 0 saturated carbocycles. The molecule has 0 aliphatic carbocycles. The molecule has 0 amide bonds. The monoisotopic (exact) mass is 339 g/mol. The summed E-state index contributed by atoms with van der Waals surface area (Å²) < 4.78 is 2.07. The van der Waals surface area contributed by atoms with Gasteiger partial charge in [-0.3, -0.25) is 9.20 Å². The van der Waals surface area contributed by atoms with Gasteiger partial charge in [0.2, 0.25) is 0 Å². The standard InChI is InChI=1S/C19H21N3OS/c1-13-5-7-21(8-6-13)16-9-15(12-23)11-22-17(10-20-19(16)22)18-4-3-14(2)24-18/h3-4,9-13H,5-8H2,1-2H3. The van der Waals surface area contributed by atoms with Crippen LogP contribution in [0.4, 0.5) is 5.69 Å². The van der Waals surface area contributed by atoms with Crippen LogP contribution in [-0.2, 0) is 0 Å². The molecule has 0 atom stereocenters. The van der Waals surface area contributed by atoms with E-state index >= 15 is 0 Å². The molecule has 4 rings (SSSR count). The zero-order valence-corrected chi connectivity index (χ0v) is 14.8. The Morgan fingerprint density at radius 3 is 2.75 bits per heavy atom. The smallest absolute Gasteiger partial charge is 0.161 e. The minimum Gasteiger partial charge on any atom is -0.368 e. The summed E-state index contributed by atoms with van der Waals surface area (Å²) in [6.07, 6.45) is 7.13. The van der Waals surface area contributed by atoms with Crippen LogP contribution in [0.25, 0.3) is 16.2 Å². The van der Waals surface area contributed by atoms with Gasteiger partial charge in [0.05, 0.1) is 22.5 Å². The summed E-state index contributed by atoms with van der Waals surface area (Å²) >= 11 is 1.75. The molecular formula is C19H21N3OS. The Bertz CT molecular complexity index is 887. The molecule has 3 aromatic heterocycles. The number of aryl methyl sites for hydroxylation is 1. The van der Waals surface area contributed by atoms with E-state index in [1.165, 1.54) is 22.6 Å². The quantitative estimate of drug-likeness (QED) is 0.663. The second-order valence-electron chi connectivity index (χ2n) is 6.69.